The number of rotatable bonds is 7. The van der Waals surface area contributed by atoms with E-state index in [9.17, 15) is 9.59 Å². The lowest BCUT2D eigenvalue weighted by Gasteiger charge is -2.34. The van der Waals surface area contributed by atoms with Crippen LogP contribution in [0.25, 0.3) is 0 Å². The van der Waals surface area contributed by atoms with E-state index in [-0.39, 0.29) is 18.0 Å². The molecule has 1 aromatic heterocycles. The van der Waals surface area contributed by atoms with Crippen LogP contribution in [0.3, 0.4) is 0 Å². The SMILES string of the molecule is CC(C)OC(=O)c1c(NC(=O)CN2CCN(Cc3ccc(Cl)c(Cl)c3)CC2)sc2c1CCCC2. The molecule has 4 rings (SSSR count). The second-order valence-corrected chi connectivity index (χ2v) is 11.1. The third-order valence-electron chi connectivity index (χ3n) is 6.19. The van der Waals surface area contributed by atoms with Gasteiger partial charge in [-0.05, 0) is 62.8 Å². The quantitative estimate of drug-likeness (QED) is 0.501. The van der Waals surface area contributed by atoms with Crippen molar-refractivity contribution < 1.29 is 14.3 Å². The molecule has 1 aromatic carbocycles. The van der Waals surface area contributed by atoms with E-state index < -0.39 is 0 Å². The summed E-state index contributed by atoms with van der Waals surface area (Å²) in [6, 6.07) is 5.73. The molecule has 9 heteroatoms. The zero-order chi connectivity index (χ0) is 24.2. The summed E-state index contributed by atoms with van der Waals surface area (Å²) in [5.41, 5.74) is 2.75. The van der Waals surface area contributed by atoms with Crippen LogP contribution in [0, 0.1) is 0 Å². The summed E-state index contributed by atoms with van der Waals surface area (Å²) >= 11 is 13.7. The van der Waals surface area contributed by atoms with Gasteiger partial charge in [-0.3, -0.25) is 14.6 Å². The fourth-order valence-electron chi connectivity index (χ4n) is 4.51. The third kappa shape index (κ3) is 6.32. The van der Waals surface area contributed by atoms with Crippen molar-refractivity contribution in [2.24, 2.45) is 0 Å². The summed E-state index contributed by atoms with van der Waals surface area (Å²) in [7, 11) is 0. The standard InChI is InChI=1S/C25H31Cl2N3O3S/c1-16(2)33-25(32)23-18-5-3-4-6-21(18)34-24(23)28-22(31)15-30-11-9-29(10-12-30)14-17-7-8-19(26)20(27)13-17/h7-8,13,16H,3-6,9-12,14-15H2,1-2H3,(H,28,31). The van der Waals surface area contributed by atoms with Crippen molar-refractivity contribution in [3.8, 4) is 0 Å². The molecule has 34 heavy (non-hydrogen) atoms. The van der Waals surface area contributed by atoms with Crippen molar-refractivity contribution >= 4 is 51.4 Å². The number of hydrogen-bond donors (Lipinski definition) is 1. The Hall–Kier alpha value is -1.64. The van der Waals surface area contributed by atoms with Crippen LogP contribution in [0.1, 0.15) is 53.1 Å². The molecule has 2 aromatic rings. The number of carbonyl (C=O) groups excluding carboxylic acids is 2. The molecular weight excluding hydrogens is 493 g/mol. The Morgan fingerprint density at radius 2 is 1.76 bits per heavy atom. The average molecular weight is 525 g/mol. The van der Waals surface area contributed by atoms with E-state index in [0.29, 0.717) is 27.2 Å². The van der Waals surface area contributed by atoms with Gasteiger partial charge in [-0.15, -0.1) is 11.3 Å². The van der Waals surface area contributed by atoms with Crippen LogP contribution in [-0.2, 0) is 28.9 Å². The molecule has 0 radical (unpaired) electrons. The normalized spacial score (nSPS) is 17.0. The maximum atomic E-state index is 12.9. The Kier molecular flexibility index (Phi) is 8.53. The van der Waals surface area contributed by atoms with E-state index >= 15 is 0 Å². The lowest BCUT2D eigenvalue weighted by Crippen LogP contribution is -2.48. The maximum absolute atomic E-state index is 12.9. The number of nitrogens with one attached hydrogen (secondary N) is 1. The van der Waals surface area contributed by atoms with E-state index in [4.69, 9.17) is 27.9 Å². The van der Waals surface area contributed by atoms with Gasteiger partial charge in [-0.25, -0.2) is 4.79 Å². The number of esters is 1. The van der Waals surface area contributed by atoms with Crippen molar-refractivity contribution in [1.29, 1.82) is 0 Å². The first-order valence-corrected chi connectivity index (χ1v) is 13.4. The number of anilines is 1. The average Bonchev–Trinajstić information content (AvgIpc) is 3.15. The minimum absolute atomic E-state index is 0.0878. The van der Waals surface area contributed by atoms with Crippen molar-refractivity contribution in [2.45, 2.75) is 52.2 Å². The number of ether oxygens (including phenoxy) is 1. The zero-order valence-corrected chi connectivity index (χ0v) is 22.0. The molecule has 0 atom stereocenters. The molecule has 0 spiro atoms. The van der Waals surface area contributed by atoms with Crippen LogP contribution < -0.4 is 5.32 Å². The Morgan fingerprint density at radius 3 is 2.47 bits per heavy atom. The number of carbonyl (C=O) groups is 2. The van der Waals surface area contributed by atoms with Gasteiger partial charge < -0.3 is 10.1 Å². The van der Waals surface area contributed by atoms with Gasteiger partial charge >= 0.3 is 5.97 Å². The second kappa shape index (κ2) is 11.4. The summed E-state index contributed by atoms with van der Waals surface area (Å²) < 4.78 is 5.49. The van der Waals surface area contributed by atoms with Gasteiger partial charge in [0, 0.05) is 37.6 Å². The van der Waals surface area contributed by atoms with Gasteiger partial charge in [-0.2, -0.15) is 0 Å². The van der Waals surface area contributed by atoms with E-state index in [1.807, 2.05) is 32.0 Å². The molecule has 1 aliphatic carbocycles. The molecule has 1 fully saturated rings. The minimum atomic E-state index is -0.333. The summed E-state index contributed by atoms with van der Waals surface area (Å²) in [6.45, 7) is 8.14. The van der Waals surface area contributed by atoms with Gasteiger partial charge in [0.2, 0.25) is 5.91 Å². The van der Waals surface area contributed by atoms with Gasteiger partial charge in [0.1, 0.15) is 5.00 Å². The molecule has 1 amide bonds. The van der Waals surface area contributed by atoms with Gasteiger partial charge in [0.25, 0.3) is 0 Å². The summed E-state index contributed by atoms with van der Waals surface area (Å²) in [5, 5.41) is 4.80. The number of hydrogen-bond acceptors (Lipinski definition) is 6. The molecule has 0 bridgehead atoms. The summed E-state index contributed by atoms with van der Waals surface area (Å²) in [6.07, 6.45) is 3.80. The summed E-state index contributed by atoms with van der Waals surface area (Å²) in [5.74, 6) is -0.421. The first-order chi connectivity index (χ1) is 16.3. The van der Waals surface area contributed by atoms with E-state index in [0.717, 1.165) is 69.5 Å². The fourth-order valence-corrected chi connectivity index (χ4v) is 6.13. The highest BCUT2D eigenvalue weighted by atomic mass is 35.5. The van der Waals surface area contributed by atoms with Crippen molar-refractivity contribution in [3.63, 3.8) is 0 Å². The van der Waals surface area contributed by atoms with Crippen LogP contribution in [0.5, 0.6) is 0 Å². The number of piperazine rings is 1. The highest BCUT2D eigenvalue weighted by Crippen LogP contribution is 2.38. The van der Waals surface area contributed by atoms with Crippen LogP contribution in [0.15, 0.2) is 18.2 Å². The van der Waals surface area contributed by atoms with E-state index in [1.165, 1.54) is 16.2 Å². The largest absolute Gasteiger partial charge is 0.459 e. The first-order valence-electron chi connectivity index (χ1n) is 11.8. The van der Waals surface area contributed by atoms with Crippen molar-refractivity contribution in [1.82, 2.24) is 9.80 Å². The summed E-state index contributed by atoms with van der Waals surface area (Å²) in [4.78, 5) is 31.4. The highest BCUT2D eigenvalue weighted by molar-refractivity contribution is 7.17. The fraction of sp³-hybridized carbons (Fsp3) is 0.520. The van der Waals surface area contributed by atoms with E-state index in [2.05, 4.69) is 15.1 Å². The third-order valence-corrected chi connectivity index (χ3v) is 8.14. The predicted octanol–water partition coefficient (Wildman–Crippen LogP) is 5.26. The van der Waals surface area contributed by atoms with Gasteiger partial charge in [0.05, 0.1) is 28.3 Å². The smallest absolute Gasteiger partial charge is 0.341 e. The van der Waals surface area contributed by atoms with Crippen molar-refractivity contribution in [2.75, 3.05) is 38.0 Å². The van der Waals surface area contributed by atoms with E-state index in [1.54, 1.807) is 0 Å². The molecule has 1 aliphatic heterocycles. The Balaban J connectivity index is 1.33. The molecule has 2 heterocycles. The minimum Gasteiger partial charge on any atom is -0.459 e. The van der Waals surface area contributed by atoms with Crippen LogP contribution in [0.2, 0.25) is 10.0 Å². The van der Waals surface area contributed by atoms with Gasteiger partial charge in [-0.1, -0.05) is 29.3 Å². The second-order valence-electron chi connectivity index (χ2n) is 9.22. The molecule has 6 nitrogen and oxygen atoms in total. The Bertz CT molecular complexity index is 1050. The van der Waals surface area contributed by atoms with Crippen LogP contribution in [0.4, 0.5) is 5.00 Å². The molecule has 184 valence electrons. The van der Waals surface area contributed by atoms with Gasteiger partial charge in [0.15, 0.2) is 0 Å². The Labute approximate surface area is 215 Å². The number of benzene rings is 1. The topological polar surface area (TPSA) is 61.9 Å². The monoisotopic (exact) mass is 523 g/mol. The lowest BCUT2D eigenvalue weighted by atomic mass is 9.95. The zero-order valence-electron chi connectivity index (χ0n) is 19.7. The predicted molar refractivity (Wildman–Crippen MR) is 138 cm³/mol. The lowest BCUT2D eigenvalue weighted by molar-refractivity contribution is -0.117. The number of halogens is 2. The van der Waals surface area contributed by atoms with Crippen LogP contribution in [-0.4, -0.2) is 60.5 Å². The maximum Gasteiger partial charge on any atom is 0.341 e. The number of fused-ring (bicyclic) bond motifs is 1. The number of nitrogens with zero attached hydrogens (tertiary/aromatic N) is 2. The highest BCUT2D eigenvalue weighted by Gasteiger charge is 2.28. The Morgan fingerprint density at radius 1 is 1.06 bits per heavy atom. The van der Waals surface area contributed by atoms with Crippen molar-refractivity contribution in [3.05, 3.63) is 49.8 Å². The first kappa shape index (κ1) is 25.5. The number of aryl methyl sites for hydroxylation is 1. The molecule has 1 N–H and O–H groups in total. The molecule has 2 aliphatic rings. The van der Waals surface area contributed by atoms with Crippen LogP contribution >= 0.6 is 34.5 Å². The molecule has 1 saturated heterocycles. The molecular formula is C25H31Cl2N3O3S. The number of amides is 1. The number of thiophene rings is 1. The molecule has 0 unspecified atom stereocenters. The molecule has 0 saturated carbocycles.